The summed E-state index contributed by atoms with van der Waals surface area (Å²) in [7, 11) is 0. The third-order valence-electron chi connectivity index (χ3n) is 4.89. The summed E-state index contributed by atoms with van der Waals surface area (Å²) >= 11 is 0. The second-order valence-corrected chi connectivity index (χ2v) is 6.77. The van der Waals surface area contributed by atoms with E-state index < -0.39 is 0 Å². The highest BCUT2D eigenvalue weighted by atomic mass is 16.4. The molecule has 0 amide bonds. The fourth-order valence-corrected chi connectivity index (χ4v) is 4.19. The fraction of sp³-hybridized carbons (Fsp3) is 0.933. The second kappa shape index (κ2) is 6.60. The van der Waals surface area contributed by atoms with E-state index in [9.17, 15) is 0 Å². The van der Waals surface area contributed by atoms with Crippen molar-refractivity contribution in [1.29, 1.82) is 0 Å². The second-order valence-electron chi connectivity index (χ2n) is 6.77. The van der Waals surface area contributed by atoms with Gasteiger partial charge in [-0.1, -0.05) is 31.8 Å². The first-order valence-corrected chi connectivity index (χ1v) is 7.82. The van der Waals surface area contributed by atoms with Crippen LogP contribution in [0, 0.1) is 11.8 Å². The van der Waals surface area contributed by atoms with Gasteiger partial charge >= 0.3 is 0 Å². The molecule has 2 aliphatic carbocycles. The van der Waals surface area contributed by atoms with Gasteiger partial charge in [0.05, 0.1) is 6.54 Å². The normalized spacial score (nSPS) is 34.1. The van der Waals surface area contributed by atoms with Gasteiger partial charge in [-0.15, -0.1) is 0 Å². The standard InChI is InChI=1S/C15H29N3O/c1-11-7-12(2)9-14(8-11)18(10-15(16)17-19)13-5-3-4-6-13/h11-14,19H,3-10H2,1-2H3,(H2,16,17). The summed E-state index contributed by atoms with van der Waals surface area (Å²) in [5, 5.41) is 12.1. The summed E-state index contributed by atoms with van der Waals surface area (Å²) in [6.45, 7) is 5.35. The summed E-state index contributed by atoms with van der Waals surface area (Å²) in [5.41, 5.74) is 5.78. The molecule has 2 rings (SSSR count). The largest absolute Gasteiger partial charge is 0.409 e. The topological polar surface area (TPSA) is 61.8 Å². The molecule has 3 N–H and O–H groups in total. The van der Waals surface area contributed by atoms with E-state index in [1.54, 1.807) is 0 Å². The van der Waals surface area contributed by atoms with Gasteiger partial charge in [0, 0.05) is 12.1 Å². The minimum Gasteiger partial charge on any atom is -0.409 e. The van der Waals surface area contributed by atoms with Gasteiger partial charge in [-0.25, -0.2) is 0 Å². The molecular formula is C15H29N3O. The number of hydrogen-bond donors (Lipinski definition) is 2. The van der Waals surface area contributed by atoms with Crippen LogP contribution in [0.5, 0.6) is 0 Å². The van der Waals surface area contributed by atoms with Gasteiger partial charge in [-0.05, 0) is 43.9 Å². The van der Waals surface area contributed by atoms with Gasteiger partial charge in [0.25, 0.3) is 0 Å². The first-order valence-electron chi connectivity index (χ1n) is 7.82. The van der Waals surface area contributed by atoms with E-state index in [4.69, 9.17) is 10.9 Å². The molecule has 4 nitrogen and oxygen atoms in total. The summed E-state index contributed by atoms with van der Waals surface area (Å²) in [5.74, 6) is 1.95. The van der Waals surface area contributed by atoms with E-state index in [1.807, 2.05) is 0 Å². The van der Waals surface area contributed by atoms with Crippen LogP contribution in [0.3, 0.4) is 0 Å². The van der Waals surface area contributed by atoms with Crippen molar-refractivity contribution in [1.82, 2.24) is 4.90 Å². The van der Waals surface area contributed by atoms with Crippen LogP contribution in [0.1, 0.15) is 58.8 Å². The maximum Gasteiger partial charge on any atom is 0.153 e. The predicted molar refractivity (Wildman–Crippen MR) is 78.3 cm³/mol. The summed E-state index contributed by atoms with van der Waals surface area (Å²) < 4.78 is 0. The maximum absolute atomic E-state index is 8.87. The lowest BCUT2D eigenvalue weighted by atomic mass is 9.79. The molecule has 2 saturated carbocycles. The average molecular weight is 267 g/mol. The molecule has 2 fully saturated rings. The van der Waals surface area contributed by atoms with Crippen LogP contribution < -0.4 is 5.73 Å². The molecule has 0 aliphatic heterocycles. The molecule has 0 radical (unpaired) electrons. The zero-order valence-corrected chi connectivity index (χ0v) is 12.4. The van der Waals surface area contributed by atoms with E-state index in [2.05, 4.69) is 23.9 Å². The minimum absolute atomic E-state index is 0.359. The van der Waals surface area contributed by atoms with Gasteiger partial charge in [0.2, 0.25) is 0 Å². The highest BCUT2D eigenvalue weighted by Crippen LogP contribution is 2.35. The van der Waals surface area contributed by atoms with E-state index in [1.165, 1.54) is 44.9 Å². The summed E-state index contributed by atoms with van der Waals surface area (Å²) in [6, 6.07) is 1.25. The monoisotopic (exact) mass is 267 g/mol. The number of nitrogens with two attached hydrogens (primary N) is 1. The van der Waals surface area contributed by atoms with Crippen LogP contribution >= 0.6 is 0 Å². The van der Waals surface area contributed by atoms with E-state index in [-0.39, 0.29) is 0 Å². The van der Waals surface area contributed by atoms with Crippen LogP contribution in [-0.2, 0) is 0 Å². The quantitative estimate of drug-likeness (QED) is 0.356. The molecule has 4 heteroatoms. The molecular weight excluding hydrogens is 238 g/mol. The molecule has 0 heterocycles. The van der Waals surface area contributed by atoms with Gasteiger partial charge in [-0.2, -0.15) is 0 Å². The Morgan fingerprint density at radius 2 is 1.68 bits per heavy atom. The molecule has 0 spiro atoms. The van der Waals surface area contributed by atoms with Gasteiger partial charge in [0.1, 0.15) is 0 Å². The summed E-state index contributed by atoms with van der Waals surface area (Å²) in [6.07, 6.45) is 9.08. The third kappa shape index (κ3) is 3.85. The van der Waals surface area contributed by atoms with Gasteiger partial charge < -0.3 is 10.9 Å². The SMILES string of the molecule is CC1CC(C)CC(N(CC(N)=NO)C2CCCC2)C1. The smallest absolute Gasteiger partial charge is 0.153 e. The minimum atomic E-state index is 0.359. The van der Waals surface area contributed by atoms with Crippen molar-refractivity contribution in [3.05, 3.63) is 0 Å². The number of hydrogen-bond acceptors (Lipinski definition) is 3. The van der Waals surface area contributed by atoms with Crippen molar-refractivity contribution in [2.75, 3.05) is 6.54 Å². The van der Waals surface area contributed by atoms with Crippen LogP contribution in [0.25, 0.3) is 0 Å². The van der Waals surface area contributed by atoms with Crippen molar-refractivity contribution >= 4 is 5.84 Å². The molecule has 0 saturated heterocycles. The number of nitrogens with zero attached hydrogens (tertiary/aromatic N) is 2. The molecule has 2 unspecified atom stereocenters. The van der Waals surface area contributed by atoms with Gasteiger partial charge in [-0.3, -0.25) is 4.90 Å². The van der Waals surface area contributed by atoms with Crippen molar-refractivity contribution < 1.29 is 5.21 Å². The zero-order chi connectivity index (χ0) is 13.8. The molecule has 110 valence electrons. The van der Waals surface area contributed by atoms with Crippen molar-refractivity contribution in [3.8, 4) is 0 Å². The number of oxime groups is 1. The Bertz CT molecular complexity index is 303. The lowest BCUT2D eigenvalue weighted by molar-refractivity contribution is 0.0861. The lowest BCUT2D eigenvalue weighted by Gasteiger charge is -2.42. The number of amidine groups is 1. The van der Waals surface area contributed by atoms with Crippen molar-refractivity contribution in [3.63, 3.8) is 0 Å². The predicted octanol–water partition coefficient (Wildman–Crippen LogP) is 2.80. The van der Waals surface area contributed by atoms with Gasteiger partial charge in [0.15, 0.2) is 5.84 Å². The molecule has 0 bridgehead atoms. The van der Waals surface area contributed by atoms with E-state index in [0.29, 0.717) is 24.5 Å². The maximum atomic E-state index is 8.87. The molecule has 0 aromatic carbocycles. The Labute approximate surface area is 117 Å². The first-order chi connectivity index (χ1) is 9.10. The molecule has 0 aromatic rings. The van der Waals surface area contributed by atoms with E-state index >= 15 is 0 Å². The Morgan fingerprint density at radius 3 is 2.21 bits per heavy atom. The van der Waals surface area contributed by atoms with Crippen LogP contribution in [0.2, 0.25) is 0 Å². The highest BCUT2D eigenvalue weighted by molar-refractivity contribution is 5.81. The zero-order valence-electron chi connectivity index (χ0n) is 12.4. The van der Waals surface area contributed by atoms with Crippen LogP contribution in [0.15, 0.2) is 5.16 Å². The highest BCUT2D eigenvalue weighted by Gasteiger charge is 2.33. The fourth-order valence-electron chi connectivity index (χ4n) is 4.19. The first kappa shape index (κ1) is 14.6. The van der Waals surface area contributed by atoms with Crippen molar-refractivity contribution in [2.45, 2.75) is 70.9 Å². The Kier molecular flexibility index (Phi) is 5.08. The molecule has 0 aromatic heterocycles. The Morgan fingerprint density at radius 1 is 1.11 bits per heavy atom. The van der Waals surface area contributed by atoms with Crippen LogP contribution in [-0.4, -0.2) is 34.6 Å². The molecule has 2 aliphatic rings. The molecule has 2 atom stereocenters. The Hall–Kier alpha value is -0.770. The van der Waals surface area contributed by atoms with Crippen molar-refractivity contribution in [2.24, 2.45) is 22.7 Å². The molecule has 19 heavy (non-hydrogen) atoms. The third-order valence-corrected chi connectivity index (χ3v) is 4.89. The summed E-state index contributed by atoms with van der Waals surface area (Å²) in [4.78, 5) is 2.54. The lowest BCUT2D eigenvalue weighted by Crippen LogP contribution is -2.49. The number of rotatable bonds is 4. The van der Waals surface area contributed by atoms with Crippen LogP contribution in [0.4, 0.5) is 0 Å². The Balaban J connectivity index is 2.06. The average Bonchev–Trinajstić information content (AvgIpc) is 2.87. The van der Waals surface area contributed by atoms with E-state index in [0.717, 1.165) is 11.8 Å².